The van der Waals surface area contributed by atoms with E-state index in [1.165, 1.54) is 23.2 Å². The SMILES string of the molecule is CC(=O)[C@@H](OC(C)(C)C)c1c(C)cc2nc(-c3ccc4c(n3)c(N3CCN(C)CC3)nn4C)sc2c1-c1ccc(Cl)cc1.Cc1cc2nc(-c3ccc4c(c3)c(N3CCN(C(C)C(F)(F)F)CC3)nn4C)sc2c(-c2ccc(Cl)cc2)c1[C@H](OC(C)(C)C)C(=O)O.Cc1cc2nc(-c3ccc4c(c3)c(N3CC[N+](C)(C)CC3)nn4C)sc2c(-c2ccc(Cl)cc2)c1[C@H](OC(C)(C)C)C(=O)[O-]. The molecule has 3 fully saturated rings. The predicted molar refractivity (Wildman–Crippen MR) is 538 cm³/mol. The van der Waals surface area contributed by atoms with Gasteiger partial charge in [-0.3, -0.25) is 23.7 Å². The first kappa shape index (κ1) is 97.5. The van der Waals surface area contributed by atoms with E-state index in [1.54, 1.807) is 46.4 Å². The molecule has 18 rings (SSSR count). The number of carboxylic acids is 2. The summed E-state index contributed by atoms with van der Waals surface area (Å²) in [5.41, 5.74) is 16.4. The number of hydrogen-bond acceptors (Lipinski definition) is 22. The minimum atomic E-state index is -4.27. The molecule has 4 atom stereocenters. The number of ether oxygens (including phenoxy) is 3. The Bertz CT molecular complexity index is 7030. The number of rotatable bonds is 19. The Kier molecular flexibility index (Phi) is 27.5. The molecular weight excluding hydrogens is 1840 g/mol. The highest BCUT2D eigenvalue weighted by atomic mass is 35.5. The maximum atomic E-state index is 13.4. The number of halogens is 6. The van der Waals surface area contributed by atoms with Crippen molar-refractivity contribution in [2.45, 2.75) is 144 Å². The Morgan fingerprint density at radius 2 is 0.800 bits per heavy atom. The van der Waals surface area contributed by atoms with Gasteiger partial charge in [0.2, 0.25) is 0 Å². The zero-order valence-electron chi connectivity index (χ0n) is 79.5. The van der Waals surface area contributed by atoms with E-state index >= 15 is 0 Å². The van der Waals surface area contributed by atoms with Crippen molar-refractivity contribution in [3.8, 4) is 65.2 Å². The third kappa shape index (κ3) is 20.8. The number of aryl methyl sites for hydroxylation is 6. The quantitative estimate of drug-likeness (QED) is 0.0740. The highest BCUT2D eigenvalue weighted by Crippen LogP contribution is 2.50. The van der Waals surface area contributed by atoms with Gasteiger partial charge in [0.25, 0.3) is 0 Å². The molecular formula is C102H112Cl3F3N16O8S3. The summed E-state index contributed by atoms with van der Waals surface area (Å²) in [6.45, 7) is 34.8. The van der Waals surface area contributed by atoms with Crippen molar-refractivity contribution in [2.75, 3.05) is 114 Å². The fourth-order valence-electron chi connectivity index (χ4n) is 18.0. The average molecular weight is 1950 g/mol. The van der Waals surface area contributed by atoms with E-state index < -0.39 is 59.3 Å². The number of alkyl halides is 3. The van der Waals surface area contributed by atoms with Gasteiger partial charge in [-0.05, 0) is 246 Å². The number of aromatic nitrogens is 10. The fraction of sp³-hybridized carbons (Fsp3) is 0.392. The number of thiazole rings is 3. The summed E-state index contributed by atoms with van der Waals surface area (Å²) in [4.78, 5) is 69.3. The molecule has 24 nitrogen and oxygen atoms in total. The smallest absolute Gasteiger partial charge is 0.403 e. The van der Waals surface area contributed by atoms with E-state index in [4.69, 9.17) is 84.2 Å². The molecule has 1 N–H and O–H groups in total. The summed E-state index contributed by atoms with van der Waals surface area (Å²) in [6, 6.07) is 43.4. The molecule has 15 aromatic rings. The van der Waals surface area contributed by atoms with Gasteiger partial charge < -0.3 is 53.3 Å². The third-order valence-corrected chi connectivity index (χ3v) is 29.1. The van der Waals surface area contributed by atoms with Gasteiger partial charge in [0.1, 0.15) is 38.8 Å². The van der Waals surface area contributed by atoms with Crippen LogP contribution < -0.4 is 19.8 Å². The van der Waals surface area contributed by atoms with Crippen LogP contribution in [0.1, 0.15) is 128 Å². The third-order valence-electron chi connectivity index (χ3n) is 24.9. The van der Waals surface area contributed by atoms with Gasteiger partial charge in [-0.2, -0.15) is 28.5 Å². The van der Waals surface area contributed by atoms with Crippen LogP contribution in [0.3, 0.4) is 0 Å². The van der Waals surface area contributed by atoms with Crippen molar-refractivity contribution in [1.82, 2.24) is 59.1 Å². The van der Waals surface area contributed by atoms with E-state index in [-0.39, 0.29) is 18.9 Å². The number of nitrogens with zero attached hydrogens (tertiary/aromatic N) is 16. The number of anilines is 3. The van der Waals surface area contributed by atoms with E-state index in [9.17, 15) is 37.8 Å². The Balaban J connectivity index is 0.000000147. The van der Waals surface area contributed by atoms with Crippen LogP contribution in [0.4, 0.5) is 30.6 Å². The number of aliphatic carboxylic acids is 2. The lowest BCUT2D eigenvalue weighted by Crippen LogP contribution is -2.55. The van der Waals surface area contributed by atoms with E-state index in [0.717, 1.165) is 225 Å². The first-order chi connectivity index (χ1) is 63.6. The van der Waals surface area contributed by atoms with E-state index in [1.807, 2.05) is 216 Å². The van der Waals surface area contributed by atoms with Gasteiger partial charge in [0, 0.05) is 138 Å². The van der Waals surface area contributed by atoms with Gasteiger partial charge in [0.05, 0.1) is 116 Å². The molecule has 3 saturated heterocycles. The lowest BCUT2D eigenvalue weighted by atomic mass is 9.90. The second kappa shape index (κ2) is 38.1. The summed E-state index contributed by atoms with van der Waals surface area (Å²) >= 11 is 23.4. The molecule has 0 bridgehead atoms. The molecule has 0 amide bonds. The molecule has 0 aliphatic carbocycles. The highest BCUT2D eigenvalue weighted by molar-refractivity contribution is 7.23. The second-order valence-electron chi connectivity index (χ2n) is 38.9. The van der Waals surface area contributed by atoms with Crippen LogP contribution >= 0.6 is 68.8 Å². The molecule has 1 unspecified atom stereocenters. The van der Waals surface area contributed by atoms with Crippen LogP contribution in [0.2, 0.25) is 15.1 Å². The minimum Gasteiger partial charge on any atom is -0.547 e. The van der Waals surface area contributed by atoms with Crippen molar-refractivity contribution in [3.63, 3.8) is 0 Å². The summed E-state index contributed by atoms with van der Waals surface area (Å²) in [5.74, 6) is 0.224. The number of carboxylic acid groups (broad SMARTS) is 2. The maximum Gasteiger partial charge on any atom is 0.403 e. The first-order valence-corrected chi connectivity index (χ1v) is 48.6. The van der Waals surface area contributed by atoms with Crippen molar-refractivity contribution >= 4 is 167 Å². The van der Waals surface area contributed by atoms with Gasteiger partial charge in [0.15, 0.2) is 29.3 Å². The summed E-state index contributed by atoms with van der Waals surface area (Å²) in [5, 5.41) is 43.7. The summed E-state index contributed by atoms with van der Waals surface area (Å²) in [7, 11) is 12.5. The Morgan fingerprint density at radius 1 is 0.452 bits per heavy atom. The Morgan fingerprint density at radius 3 is 1.21 bits per heavy atom. The van der Waals surface area contributed by atoms with Gasteiger partial charge in [-0.15, -0.1) is 34.0 Å². The molecule has 0 saturated carbocycles. The van der Waals surface area contributed by atoms with Crippen LogP contribution in [0.15, 0.2) is 140 Å². The Labute approximate surface area is 810 Å². The molecule has 10 heterocycles. The zero-order valence-corrected chi connectivity index (χ0v) is 84.2. The highest BCUT2D eigenvalue weighted by Gasteiger charge is 2.42. The largest absolute Gasteiger partial charge is 0.547 e. The molecule has 135 heavy (non-hydrogen) atoms. The van der Waals surface area contributed by atoms with Crippen molar-refractivity contribution < 1.29 is 56.5 Å². The number of hydrogen-bond donors (Lipinski definition) is 1. The number of ketones is 1. The molecule has 3 aliphatic heterocycles. The number of piperazine rings is 3. The lowest BCUT2D eigenvalue weighted by Gasteiger charge is -2.39. The monoisotopic (exact) mass is 1950 g/mol. The number of Topliss-reactive ketones (excluding diaryl/α,β-unsaturated/α-hetero) is 1. The average Bonchev–Trinajstić information content (AvgIpc) is 1.64. The zero-order chi connectivity index (χ0) is 96.9. The molecule has 0 spiro atoms. The van der Waals surface area contributed by atoms with Crippen LogP contribution in [0, 0.1) is 20.8 Å². The normalized spacial score (nSPS) is 15.9. The number of carbonyl (C=O) groups is 3. The topological polar surface area (TPSA) is 243 Å². The van der Waals surface area contributed by atoms with Crippen LogP contribution in [0.5, 0.6) is 0 Å². The second-order valence-corrected chi connectivity index (χ2v) is 43.2. The van der Waals surface area contributed by atoms with Crippen LogP contribution in [-0.4, -0.2) is 215 Å². The molecule has 7 aromatic heterocycles. The lowest BCUT2D eigenvalue weighted by molar-refractivity contribution is -0.890. The molecule has 3 aliphatic rings. The number of fused-ring (bicyclic) bond motifs is 6. The summed E-state index contributed by atoms with van der Waals surface area (Å²) in [6.07, 6.45) is -7.48. The number of benzene rings is 8. The number of likely N-dealkylation sites (N-methyl/N-ethyl adjacent to an activating group) is 2. The number of carbonyl (C=O) groups excluding carboxylic acids is 2. The number of quaternary nitrogens is 1. The van der Waals surface area contributed by atoms with Crippen molar-refractivity contribution in [1.29, 1.82) is 0 Å². The van der Waals surface area contributed by atoms with Gasteiger partial charge in [-0.25, -0.2) is 24.7 Å². The van der Waals surface area contributed by atoms with E-state index in [0.29, 0.717) is 39.3 Å². The van der Waals surface area contributed by atoms with Crippen LogP contribution in [0.25, 0.3) is 129 Å². The maximum absolute atomic E-state index is 13.4. The van der Waals surface area contributed by atoms with Crippen LogP contribution in [-0.2, 0) is 49.7 Å². The molecule has 708 valence electrons. The van der Waals surface area contributed by atoms with E-state index in [2.05, 4.69) is 66.2 Å². The summed E-state index contributed by atoms with van der Waals surface area (Å²) < 4.78 is 68.0. The van der Waals surface area contributed by atoms with Gasteiger partial charge >= 0.3 is 12.1 Å². The Hall–Kier alpha value is -10.6. The molecule has 8 aromatic carbocycles. The minimum absolute atomic E-state index is 0.0440. The first-order valence-electron chi connectivity index (χ1n) is 45.0. The predicted octanol–water partition coefficient (Wildman–Crippen LogP) is 21.5. The van der Waals surface area contributed by atoms with Crippen molar-refractivity contribution in [2.24, 2.45) is 21.1 Å². The fourth-order valence-corrected chi connectivity index (χ4v) is 21.7. The molecule has 33 heteroatoms. The van der Waals surface area contributed by atoms with Gasteiger partial charge in [-0.1, -0.05) is 71.2 Å². The standard InChI is InChI=1S/C35H37ClF3N5O3S.C34H38ClN5O3S.C33H37ClN6O2S/c1-19-17-25-30(28(21-7-10-23(36)11-8-21)27(19)29(33(45)46)47-34(3,4)5)48-32(40-25)22-9-12-26-24(18-22)31(41-42(26)6)44-15-13-43(14-16-44)20(2)35(37,38)39;1-20-18-25-30(28(21-8-11-23(35)12-9-21)27(20)29(33(41)42)43-34(2,3)4)44-32(36-25)22-10-13-26-24(19-22)31(37-38(26)5)39-14-16-40(6,7)17-15-39;1-19-18-24-30(27(21-8-10-22(34)11-9-21)26(19)29(20(2)41)42-33(3,4)5)43-32(36-24)23-12-13-25-28(35-23)31(37-39(25)7)40-16-14-38(6)15-17-40/h7-12,17-18,20,29H,13-16H2,1-6H3,(H,45,46);8-13,18-19,29H,14-17H2,1-7H3;8-13,18,29H,14-17H2,1-7H3/t20?,29-;2*29-/m001/s1. The van der Waals surface area contributed by atoms with Crippen molar-refractivity contribution in [3.05, 3.63) is 188 Å². The number of pyridine rings is 1. The molecule has 0 radical (unpaired) electrons.